The largest absolute Gasteiger partial charge is 0.629 e. The van der Waals surface area contributed by atoms with Gasteiger partial charge in [0.05, 0.1) is 0 Å². The first kappa shape index (κ1) is 25.1. The minimum absolute atomic E-state index is 0.254. The number of quaternary nitrogens is 2. The van der Waals surface area contributed by atoms with Crippen LogP contribution in [0.3, 0.4) is 0 Å². The third-order valence-corrected chi connectivity index (χ3v) is 5.58. The molecule has 0 amide bonds. The fraction of sp³-hybridized carbons (Fsp3) is 0.231. The molecule has 2 unspecified atom stereocenters. The summed E-state index contributed by atoms with van der Waals surface area (Å²) in [4.78, 5) is 29.0. The summed E-state index contributed by atoms with van der Waals surface area (Å²) in [6, 6.07) is 20.2. The summed E-state index contributed by atoms with van der Waals surface area (Å²) >= 11 is 0. The number of nitrogens with one attached hydrogen (secondary N) is 2. The van der Waals surface area contributed by atoms with Gasteiger partial charge < -0.3 is 30.3 Å². The molecule has 2 atom stereocenters. The molecule has 3 aromatic carbocycles. The monoisotopic (exact) mass is 462 g/mol. The zero-order valence-electron chi connectivity index (χ0n) is 19.9. The second-order valence-corrected chi connectivity index (χ2v) is 8.51. The molecule has 0 saturated heterocycles. The maximum absolute atomic E-state index is 12.6. The molecule has 0 spiro atoms. The van der Waals surface area contributed by atoms with Crippen LogP contribution in [0.4, 0.5) is 22.7 Å². The van der Waals surface area contributed by atoms with Crippen molar-refractivity contribution in [2.45, 2.75) is 0 Å². The molecule has 0 aliphatic carbocycles. The average Bonchev–Trinajstić information content (AvgIpc) is 2.84. The second-order valence-electron chi connectivity index (χ2n) is 8.51. The van der Waals surface area contributed by atoms with E-state index in [9.17, 15) is 20.0 Å². The number of hydrogen-bond acceptors (Lipinski definition) is 6. The van der Waals surface area contributed by atoms with Gasteiger partial charge in [-0.3, -0.25) is 9.59 Å². The predicted octanol–water partition coefficient (Wildman–Crippen LogP) is 1.61. The van der Waals surface area contributed by atoms with Gasteiger partial charge in [0.15, 0.2) is 0 Å². The number of hydroxylamine groups is 2. The molecule has 8 nitrogen and oxygen atoms in total. The van der Waals surface area contributed by atoms with E-state index in [-0.39, 0.29) is 34.8 Å². The predicted molar refractivity (Wildman–Crippen MR) is 134 cm³/mol. The van der Waals surface area contributed by atoms with Gasteiger partial charge in [-0.1, -0.05) is 24.3 Å². The van der Waals surface area contributed by atoms with E-state index in [4.69, 9.17) is 0 Å². The Morgan fingerprint density at radius 3 is 1.15 bits per heavy atom. The van der Waals surface area contributed by atoms with Crippen LogP contribution in [-0.4, -0.2) is 52.8 Å². The highest BCUT2D eigenvalue weighted by atomic mass is 16.5. The average molecular weight is 463 g/mol. The summed E-state index contributed by atoms with van der Waals surface area (Å²) in [5.41, 5.74) is 3.57. The Kier molecular flexibility index (Phi) is 8.14. The standard InChI is InChI=1S/C26H30N4O4/c1-27(2)21-9-13-23(14-10-21)29(33)17-25(31)19-5-7-20(8-6-19)26(32)18-30(34)24-15-11-22(12-16-24)28(3)4/h5-16,29-30H,17-18H2,1-4H3. The summed E-state index contributed by atoms with van der Waals surface area (Å²) in [7, 11) is 7.64. The zero-order valence-corrected chi connectivity index (χ0v) is 19.9. The van der Waals surface area contributed by atoms with Gasteiger partial charge in [-0.25, -0.2) is 0 Å². The molecular weight excluding hydrogens is 432 g/mol. The first-order valence-corrected chi connectivity index (χ1v) is 10.9. The van der Waals surface area contributed by atoms with E-state index in [0.717, 1.165) is 11.4 Å². The summed E-state index contributed by atoms with van der Waals surface area (Å²) in [5, 5.41) is 24.4. The first-order valence-electron chi connectivity index (χ1n) is 10.9. The van der Waals surface area contributed by atoms with Crippen LogP contribution in [0, 0.1) is 10.4 Å². The van der Waals surface area contributed by atoms with Gasteiger partial charge in [0.1, 0.15) is 24.5 Å². The summed E-state index contributed by atoms with van der Waals surface area (Å²) in [5.74, 6) is -0.643. The third-order valence-electron chi connectivity index (χ3n) is 5.58. The Morgan fingerprint density at radius 2 is 0.882 bits per heavy atom. The van der Waals surface area contributed by atoms with Gasteiger partial charge in [-0.15, -0.1) is 0 Å². The Labute approximate surface area is 199 Å². The Hall–Kier alpha value is -3.56. The van der Waals surface area contributed by atoms with Crippen LogP contribution in [0.5, 0.6) is 0 Å². The Morgan fingerprint density at radius 1 is 0.588 bits per heavy atom. The fourth-order valence-corrected chi connectivity index (χ4v) is 3.43. The van der Waals surface area contributed by atoms with E-state index in [1.165, 1.54) is 24.3 Å². The van der Waals surface area contributed by atoms with Gasteiger partial charge in [0.25, 0.3) is 0 Å². The molecule has 178 valence electrons. The molecule has 0 aliphatic heterocycles. The first-order chi connectivity index (χ1) is 16.2. The fourth-order valence-electron chi connectivity index (χ4n) is 3.43. The lowest BCUT2D eigenvalue weighted by Gasteiger charge is -2.22. The Balaban J connectivity index is 1.58. The molecule has 2 N–H and O–H groups in total. The number of carbonyl (C=O) groups is 2. The quantitative estimate of drug-likeness (QED) is 0.351. The smallest absolute Gasteiger partial charge is 0.217 e. The van der Waals surface area contributed by atoms with Gasteiger partial charge >= 0.3 is 0 Å². The molecule has 0 fully saturated rings. The molecule has 0 aliphatic rings. The number of carbonyl (C=O) groups excluding carboxylic acids is 2. The molecule has 0 saturated carbocycles. The molecule has 0 aromatic heterocycles. The highest BCUT2D eigenvalue weighted by Crippen LogP contribution is 2.14. The maximum Gasteiger partial charge on any atom is 0.217 e. The van der Waals surface area contributed by atoms with Gasteiger partial charge in [0.2, 0.25) is 11.6 Å². The molecule has 0 heterocycles. The van der Waals surface area contributed by atoms with Crippen LogP contribution in [0.25, 0.3) is 0 Å². The van der Waals surface area contributed by atoms with Crippen LogP contribution >= 0.6 is 0 Å². The van der Waals surface area contributed by atoms with Crippen molar-refractivity contribution < 1.29 is 19.7 Å². The highest BCUT2D eigenvalue weighted by Gasteiger charge is 2.16. The number of benzene rings is 3. The van der Waals surface area contributed by atoms with Gasteiger partial charge in [-0.2, -0.15) is 0 Å². The lowest BCUT2D eigenvalue weighted by atomic mass is 10.1. The number of hydrogen-bond donors (Lipinski definition) is 2. The highest BCUT2D eigenvalue weighted by molar-refractivity contribution is 6.00. The minimum atomic E-state index is -0.322. The van der Waals surface area contributed by atoms with Crippen LogP contribution in [-0.2, 0) is 0 Å². The van der Waals surface area contributed by atoms with Gasteiger partial charge in [-0.05, 0) is 24.3 Å². The normalized spacial score (nSPS) is 12.6. The number of ketones is 2. The van der Waals surface area contributed by atoms with Crippen molar-refractivity contribution >= 4 is 34.3 Å². The molecule has 8 heteroatoms. The molecular formula is C26H30N4O4. The molecule has 0 radical (unpaired) electrons. The molecule has 0 bridgehead atoms. The van der Waals surface area contributed by atoms with E-state index in [2.05, 4.69) is 0 Å². The number of Topliss-reactive ketones (excluding diaryl/α,β-unsaturated/α-hetero) is 2. The van der Waals surface area contributed by atoms with Gasteiger partial charge in [0, 0.05) is 75.0 Å². The van der Waals surface area contributed by atoms with E-state index in [1.54, 1.807) is 24.3 Å². The van der Waals surface area contributed by atoms with Crippen molar-refractivity contribution in [3.05, 3.63) is 94.3 Å². The SMILES string of the molecule is CN(C)c1ccc([NH+]([O-])CC(=O)c2ccc(C(=O)C[NH+]([O-])c3ccc(N(C)C)cc3)cc2)cc1. The number of rotatable bonds is 10. The number of anilines is 2. The van der Waals surface area contributed by atoms with Crippen molar-refractivity contribution in [2.24, 2.45) is 0 Å². The van der Waals surface area contributed by atoms with Crippen molar-refractivity contribution in [3.63, 3.8) is 0 Å². The van der Waals surface area contributed by atoms with Crippen LogP contribution in [0.1, 0.15) is 20.7 Å². The lowest BCUT2D eigenvalue weighted by molar-refractivity contribution is -0.765. The topological polar surface area (TPSA) is 95.6 Å². The summed E-state index contributed by atoms with van der Waals surface area (Å²) in [6.45, 7) is -0.508. The molecule has 34 heavy (non-hydrogen) atoms. The van der Waals surface area contributed by atoms with E-state index < -0.39 is 0 Å². The van der Waals surface area contributed by atoms with Crippen molar-refractivity contribution in [1.29, 1.82) is 0 Å². The van der Waals surface area contributed by atoms with E-state index in [0.29, 0.717) is 22.5 Å². The minimum Gasteiger partial charge on any atom is -0.629 e. The third kappa shape index (κ3) is 6.27. The van der Waals surface area contributed by atoms with Crippen LogP contribution < -0.4 is 19.9 Å². The molecule has 3 aromatic rings. The second kappa shape index (κ2) is 11.0. The van der Waals surface area contributed by atoms with E-state index >= 15 is 0 Å². The maximum atomic E-state index is 12.6. The van der Waals surface area contributed by atoms with E-state index in [1.807, 2.05) is 62.3 Å². The summed E-state index contributed by atoms with van der Waals surface area (Å²) < 4.78 is 0. The number of nitrogens with zero attached hydrogens (tertiary/aromatic N) is 2. The van der Waals surface area contributed by atoms with Crippen LogP contribution in [0.2, 0.25) is 0 Å². The lowest BCUT2D eigenvalue weighted by Crippen LogP contribution is -3.03. The van der Waals surface area contributed by atoms with Crippen molar-refractivity contribution in [3.8, 4) is 0 Å². The molecule has 3 rings (SSSR count). The Bertz CT molecular complexity index is 1020. The summed E-state index contributed by atoms with van der Waals surface area (Å²) in [6.07, 6.45) is 0. The van der Waals surface area contributed by atoms with Crippen molar-refractivity contribution in [1.82, 2.24) is 0 Å². The van der Waals surface area contributed by atoms with Crippen molar-refractivity contribution in [2.75, 3.05) is 51.1 Å². The zero-order chi connectivity index (χ0) is 24.8. The van der Waals surface area contributed by atoms with Crippen LogP contribution in [0.15, 0.2) is 72.8 Å².